The summed E-state index contributed by atoms with van der Waals surface area (Å²) in [6.45, 7) is 4.04. The van der Waals surface area contributed by atoms with Crippen LogP contribution in [0.15, 0.2) is 61.1 Å². The SMILES string of the molecule is CC(C)n1cnnc1-c1cccc(-c2c(C(N)=O)cccc2C(=O)Nc2cccn2C)n1. The molecule has 0 radical (unpaired) electrons. The maximum atomic E-state index is 13.2. The number of nitrogens with zero attached hydrogens (tertiary/aromatic N) is 5. The van der Waals surface area contributed by atoms with E-state index in [9.17, 15) is 9.59 Å². The minimum Gasteiger partial charge on any atom is -0.366 e. The molecule has 32 heavy (non-hydrogen) atoms. The standard InChI is InChI=1S/C23H23N7O2/c1-14(2)30-13-25-28-22(30)18-10-5-9-17(26-18)20-15(21(24)31)7-4-8-16(20)23(32)27-19-11-6-12-29(19)3/h4-14H,1-3H3,(H2,24,31)(H,27,32). The fourth-order valence-corrected chi connectivity index (χ4v) is 3.50. The maximum Gasteiger partial charge on any atom is 0.257 e. The van der Waals surface area contributed by atoms with Gasteiger partial charge in [-0.05, 0) is 50.2 Å². The molecule has 9 heteroatoms. The number of carbonyl (C=O) groups is 2. The van der Waals surface area contributed by atoms with Crippen LogP contribution in [0.4, 0.5) is 5.82 Å². The highest BCUT2D eigenvalue weighted by molar-refractivity contribution is 6.12. The van der Waals surface area contributed by atoms with E-state index in [0.29, 0.717) is 28.6 Å². The Labute approximate surface area is 184 Å². The lowest BCUT2D eigenvalue weighted by Crippen LogP contribution is -2.19. The first-order chi connectivity index (χ1) is 15.4. The van der Waals surface area contributed by atoms with Gasteiger partial charge in [0.1, 0.15) is 17.8 Å². The molecule has 0 atom stereocenters. The molecular formula is C23H23N7O2. The van der Waals surface area contributed by atoms with Crippen LogP contribution in [-0.2, 0) is 7.05 Å². The topological polar surface area (TPSA) is 121 Å². The van der Waals surface area contributed by atoms with Gasteiger partial charge in [-0.15, -0.1) is 10.2 Å². The summed E-state index contributed by atoms with van der Waals surface area (Å²) >= 11 is 0. The largest absolute Gasteiger partial charge is 0.366 e. The zero-order valence-corrected chi connectivity index (χ0v) is 18.0. The van der Waals surface area contributed by atoms with Gasteiger partial charge in [0, 0.05) is 36.0 Å². The summed E-state index contributed by atoms with van der Waals surface area (Å²) in [6.07, 6.45) is 3.47. The number of carbonyl (C=O) groups excluding carboxylic acids is 2. The third kappa shape index (κ3) is 3.87. The molecule has 4 aromatic rings. The van der Waals surface area contributed by atoms with Crippen LogP contribution in [0.25, 0.3) is 22.8 Å². The molecule has 1 aromatic carbocycles. The van der Waals surface area contributed by atoms with Crippen molar-refractivity contribution >= 4 is 17.6 Å². The van der Waals surface area contributed by atoms with Crippen LogP contribution >= 0.6 is 0 Å². The molecule has 4 rings (SSSR count). The molecule has 3 heterocycles. The summed E-state index contributed by atoms with van der Waals surface area (Å²) in [7, 11) is 1.83. The van der Waals surface area contributed by atoms with E-state index in [1.807, 2.05) is 43.8 Å². The molecule has 0 saturated heterocycles. The van der Waals surface area contributed by atoms with Crippen molar-refractivity contribution in [2.24, 2.45) is 12.8 Å². The van der Waals surface area contributed by atoms with Crippen molar-refractivity contribution in [1.29, 1.82) is 0 Å². The Bertz CT molecular complexity index is 1300. The molecule has 9 nitrogen and oxygen atoms in total. The minimum absolute atomic E-state index is 0.134. The van der Waals surface area contributed by atoms with E-state index >= 15 is 0 Å². The molecule has 162 valence electrons. The zero-order valence-electron chi connectivity index (χ0n) is 18.0. The van der Waals surface area contributed by atoms with Crippen molar-refractivity contribution in [3.63, 3.8) is 0 Å². The highest BCUT2D eigenvalue weighted by Gasteiger charge is 2.22. The monoisotopic (exact) mass is 429 g/mol. The second-order valence-corrected chi connectivity index (χ2v) is 7.61. The lowest BCUT2D eigenvalue weighted by atomic mass is 9.96. The number of hydrogen-bond acceptors (Lipinski definition) is 5. The van der Waals surface area contributed by atoms with Gasteiger partial charge >= 0.3 is 0 Å². The van der Waals surface area contributed by atoms with Crippen molar-refractivity contribution < 1.29 is 9.59 Å². The smallest absolute Gasteiger partial charge is 0.257 e. The van der Waals surface area contributed by atoms with Crippen LogP contribution in [0.2, 0.25) is 0 Å². The normalized spacial score (nSPS) is 11.0. The predicted octanol–water partition coefficient (Wildman–Crippen LogP) is 3.28. The Morgan fingerprint density at radius 2 is 1.72 bits per heavy atom. The van der Waals surface area contributed by atoms with Gasteiger partial charge in [-0.3, -0.25) is 9.59 Å². The minimum atomic E-state index is -0.647. The number of nitrogens with one attached hydrogen (secondary N) is 1. The fourth-order valence-electron chi connectivity index (χ4n) is 3.50. The molecule has 2 amide bonds. The molecule has 0 fully saturated rings. The van der Waals surface area contributed by atoms with Crippen molar-refractivity contribution in [3.05, 3.63) is 72.2 Å². The van der Waals surface area contributed by atoms with Gasteiger partial charge in [-0.25, -0.2) is 4.98 Å². The number of rotatable bonds is 6. The van der Waals surface area contributed by atoms with E-state index < -0.39 is 5.91 Å². The van der Waals surface area contributed by atoms with Gasteiger partial charge in [0.25, 0.3) is 5.91 Å². The highest BCUT2D eigenvalue weighted by Crippen LogP contribution is 2.29. The van der Waals surface area contributed by atoms with Gasteiger partial charge in [-0.1, -0.05) is 12.1 Å². The summed E-state index contributed by atoms with van der Waals surface area (Å²) in [5, 5.41) is 11.1. The van der Waals surface area contributed by atoms with E-state index in [1.165, 1.54) is 0 Å². The summed E-state index contributed by atoms with van der Waals surface area (Å²) in [5.41, 5.74) is 7.52. The van der Waals surface area contributed by atoms with E-state index in [4.69, 9.17) is 10.7 Å². The summed E-state index contributed by atoms with van der Waals surface area (Å²) < 4.78 is 3.68. The summed E-state index contributed by atoms with van der Waals surface area (Å²) in [4.78, 5) is 30.1. The molecule has 0 aliphatic rings. The highest BCUT2D eigenvalue weighted by atomic mass is 16.2. The van der Waals surface area contributed by atoms with Gasteiger partial charge < -0.3 is 20.2 Å². The van der Waals surface area contributed by atoms with Crippen LogP contribution in [-0.4, -0.2) is 36.1 Å². The van der Waals surface area contributed by atoms with Crippen LogP contribution < -0.4 is 11.1 Å². The van der Waals surface area contributed by atoms with Gasteiger partial charge in [-0.2, -0.15) is 0 Å². The molecule has 3 N–H and O–H groups in total. The fraction of sp³-hybridized carbons (Fsp3) is 0.174. The quantitative estimate of drug-likeness (QED) is 0.487. The maximum absolute atomic E-state index is 13.2. The predicted molar refractivity (Wildman–Crippen MR) is 121 cm³/mol. The number of aromatic nitrogens is 5. The number of anilines is 1. The third-order valence-electron chi connectivity index (χ3n) is 5.12. The summed E-state index contributed by atoms with van der Waals surface area (Å²) in [6, 6.07) is 13.9. The van der Waals surface area contributed by atoms with Crippen LogP contribution in [0.1, 0.15) is 40.6 Å². The number of aryl methyl sites for hydroxylation is 1. The average Bonchev–Trinajstić information content (AvgIpc) is 3.43. The molecule has 0 saturated carbocycles. The van der Waals surface area contributed by atoms with Gasteiger partial charge in [0.2, 0.25) is 5.91 Å². The van der Waals surface area contributed by atoms with Crippen LogP contribution in [0.5, 0.6) is 0 Å². The second-order valence-electron chi connectivity index (χ2n) is 7.61. The van der Waals surface area contributed by atoms with E-state index in [2.05, 4.69) is 15.5 Å². The lowest BCUT2D eigenvalue weighted by molar-refractivity contribution is 0.100. The van der Waals surface area contributed by atoms with E-state index in [-0.39, 0.29) is 23.1 Å². The Kier molecular flexibility index (Phi) is 5.55. The summed E-state index contributed by atoms with van der Waals surface area (Å²) in [5.74, 6) is 0.193. The Balaban J connectivity index is 1.84. The third-order valence-corrected chi connectivity index (χ3v) is 5.12. The van der Waals surface area contributed by atoms with Gasteiger partial charge in [0.15, 0.2) is 5.82 Å². The van der Waals surface area contributed by atoms with E-state index in [1.54, 1.807) is 47.3 Å². The number of nitrogens with two attached hydrogens (primary N) is 1. The molecule has 3 aromatic heterocycles. The van der Waals surface area contributed by atoms with Crippen molar-refractivity contribution in [3.8, 4) is 22.8 Å². The molecular weight excluding hydrogens is 406 g/mol. The molecule has 0 aliphatic heterocycles. The van der Waals surface area contributed by atoms with Crippen molar-refractivity contribution in [2.75, 3.05) is 5.32 Å². The number of primary amides is 1. The average molecular weight is 429 g/mol. The van der Waals surface area contributed by atoms with Crippen molar-refractivity contribution in [1.82, 2.24) is 24.3 Å². The molecule has 0 aliphatic carbocycles. The number of benzene rings is 1. The lowest BCUT2D eigenvalue weighted by Gasteiger charge is -2.15. The molecule has 0 unspecified atom stereocenters. The first kappa shape index (κ1) is 21.0. The molecule has 0 spiro atoms. The Hall–Kier alpha value is -4.27. The van der Waals surface area contributed by atoms with Gasteiger partial charge in [0.05, 0.1) is 5.69 Å². The second kappa shape index (κ2) is 8.46. The van der Waals surface area contributed by atoms with Crippen LogP contribution in [0.3, 0.4) is 0 Å². The van der Waals surface area contributed by atoms with E-state index in [0.717, 1.165) is 0 Å². The first-order valence-electron chi connectivity index (χ1n) is 10.1. The Morgan fingerprint density at radius 3 is 2.41 bits per heavy atom. The number of pyridine rings is 1. The zero-order chi connectivity index (χ0) is 22.8. The number of amides is 2. The van der Waals surface area contributed by atoms with Crippen molar-refractivity contribution in [2.45, 2.75) is 19.9 Å². The first-order valence-corrected chi connectivity index (χ1v) is 10.1. The Morgan fingerprint density at radius 1 is 1.00 bits per heavy atom. The van der Waals surface area contributed by atoms with Crippen LogP contribution in [0, 0.1) is 0 Å². The number of hydrogen-bond donors (Lipinski definition) is 2. The molecule has 0 bridgehead atoms.